The topological polar surface area (TPSA) is 86.0 Å². The lowest BCUT2D eigenvalue weighted by atomic mass is 10.0. The van der Waals surface area contributed by atoms with E-state index in [2.05, 4.69) is 4.98 Å². The molecule has 1 aliphatic heterocycles. The average Bonchev–Trinajstić information content (AvgIpc) is 3.56. The predicted molar refractivity (Wildman–Crippen MR) is 131 cm³/mol. The minimum Gasteiger partial charge on any atom is -0.493 e. The van der Waals surface area contributed by atoms with Crippen LogP contribution in [0.4, 0.5) is 0 Å². The van der Waals surface area contributed by atoms with Crippen molar-refractivity contribution >= 4 is 34.0 Å². The molecular formula is C25H22N4O4S. The van der Waals surface area contributed by atoms with E-state index in [-0.39, 0.29) is 24.1 Å². The molecule has 0 fully saturated rings. The van der Waals surface area contributed by atoms with Crippen molar-refractivity contribution in [3.8, 4) is 11.5 Å². The predicted octanol–water partition coefficient (Wildman–Crippen LogP) is 3.85. The fourth-order valence-electron chi connectivity index (χ4n) is 4.14. The number of para-hydroxylation sites is 2. The Hall–Kier alpha value is -3.98. The maximum Gasteiger partial charge on any atom is 0.269 e. The molecule has 2 aromatic heterocycles. The van der Waals surface area contributed by atoms with Crippen molar-refractivity contribution in [3.05, 3.63) is 87.0 Å². The number of carbonyl (C=O) groups excluding carboxylic acids is 1. The molecule has 9 heteroatoms. The van der Waals surface area contributed by atoms with Gasteiger partial charge in [-0.3, -0.25) is 14.2 Å². The summed E-state index contributed by atoms with van der Waals surface area (Å²) < 4.78 is 12.3. The summed E-state index contributed by atoms with van der Waals surface area (Å²) in [6.07, 6.45) is 1.79. The number of aromatic nitrogens is 2. The van der Waals surface area contributed by atoms with Gasteiger partial charge in [0.1, 0.15) is 6.54 Å². The Morgan fingerprint density at radius 1 is 1.09 bits per heavy atom. The third-order valence-corrected chi connectivity index (χ3v) is 6.73. The molecule has 0 aliphatic carbocycles. The van der Waals surface area contributed by atoms with Gasteiger partial charge in [-0.05, 0) is 41.3 Å². The molecule has 0 saturated heterocycles. The number of benzene rings is 2. The quantitative estimate of drug-likeness (QED) is 0.424. The van der Waals surface area contributed by atoms with Crippen LogP contribution in [0.5, 0.6) is 11.5 Å². The summed E-state index contributed by atoms with van der Waals surface area (Å²) in [6, 6.07) is 16.5. The Labute approximate surface area is 199 Å². The van der Waals surface area contributed by atoms with Gasteiger partial charge in [0.05, 0.1) is 48.1 Å². The maximum absolute atomic E-state index is 13.6. The molecule has 0 bridgehead atoms. The molecule has 34 heavy (non-hydrogen) atoms. The van der Waals surface area contributed by atoms with Gasteiger partial charge in [0.15, 0.2) is 11.5 Å². The van der Waals surface area contributed by atoms with Gasteiger partial charge < -0.3 is 9.47 Å². The van der Waals surface area contributed by atoms with E-state index in [4.69, 9.17) is 14.6 Å². The van der Waals surface area contributed by atoms with E-state index in [9.17, 15) is 9.59 Å². The molecule has 1 amide bonds. The van der Waals surface area contributed by atoms with E-state index in [0.717, 1.165) is 16.2 Å². The van der Waals surface area contributed by atoms with Gasteiger partial charge in [0.2, 0.25) is 0 Å². The van der Waals surface area contributed by atoms with Crippen molar-refractivity contribution in [1.29, 1.82) is 0 Å². The minimum absolute atomic E-state index is 0.146. The van der Waals surface area contributed by atoms with Crippen LogP contribution in [-0.4, -0.2) is 40.4 Å². The van der Waals surface area contributed by atoms with E-state index in [1.165, 1.54) is 15.8 Å². The lowest BCUT2D eigenvalue weighted by molar-refractivity contribution is -0.133. The first kappa shape index (κ1) is 21.8. The van der Waals surface area contributed by atoms with Crippen molar-refractivity contribution in [1.82, 2.24) is 14.6 Å². The van der Waals surface area contributed by atoms with Gasteiger partial charge >= 0.3 is 0 Å². The molecule has 4 aromatic rings. The fourth-order valence-corrected chi connectivity index (χ4v) is 4.86. The summed E-state index contributed by atoms with van der Waals surface area (Å²) in [5.41, 5.74) is 2.61. The van der Waals surface area contributed by atoms with Gasteiger partial charge in [-0.1, -0.05) is 24.3 Å². The summed E-state index contributed by atoms with van der Waals surface area (Å²) in [4.78, 5) is 31.4. The summed E-state index contributed by atoms with van der Waals surface area (Å²) in [6.45, 7) is -0.146. The second-order valence-corrected chi connectivity index (χ2v) is 8.72. The number of thiophene rings is 1. The summed E-state index contributed by atoms with van der Waals surface area (Å²) in [7, 11) is 3.16. The van der Waals surface area contributed by atoms with E-state index in [1.807, 2.05) is 53.9 Å². The number of methoxy groups -OCH3 is 2. The number of nitrogens with zero attached hydrogens (tertiary/aromatic N) is 4. The third-order valence-electron chi connectivity index (χ3n) is 5.81. The molecule has 1 aliphatic rings. The first-order valence-corrected chi connectivity index (χ1v) is 11.6. The van der Waals surface area contributed by atoms with Gasteiger partial charge in [-0.25, -0.2) is 9.99 Å². The van der Waals surface area contributed by atoms with Gasteiger partial charge in [0.25, 0.3) is 11.5 Å². The van der Waals surface area contributed by atoms with E-state index >= 15 is 0 Å². The zero-order valence-corrected chi connectivity index (χ0v) is 19.5. The number of ether oxygens (including phenoxy) is 2. The Kier molecular flexibility index (Phi) is 5.85. The second-order valence-electron chi connectivity index (χ2n) is 7.77. The number of fused-ring (bicyclic) bond motifs is 1. The van der Waals surface area contributed by atoms with E-state index in [1.54, 1.807) is 31.6 Å². The molecule has 0 spiro atoms. The van der Waals surface area contributed by atoms with Crippen LogP contribution in [0.3, 0.4) is 0 Å². The number of hydrazone groups is 1. The number of hydrogen-bond acceptors (Lipinski definition) is 7. The molecule has 172 valence electrons. The standard InChI is InChI=1S/C25H22N4O4S/c1-32-21-10-9-16(12-22(21)33-2)20-13-18(23-8-5-11-34-23)27-29(20)25(31)15-28-19-7-4-3-6-17(19)26-14-24(28)30/h3-12,14,20H,13,15H2,1-2H3/t20-/m0/s1. The summed E-state index contributed by atoms with van der Waals surface area (Å²) in [5.74, 6) is 0.898. The third kappa shape index (κ3) is 3.94. The molecule has 0 saturated carbocycles. The zero-order valence-electron chi connectivity index (χ0n) is 18.7. The smallest absolute Gasteiger partial charge is 0.269 e. The maximum atomic E-state index is 13.6. The van der Waals surface area contributed by atoms with Crippen LogP contribution in [-0.2, 0) is 11.3 Å². The molecule has 1 atom stereocenters. The molecule has 0 N–H and O–H groups in total. The van der Waals surface area contributed by atoms with E-state index < -0.39 is 0 Å². The number of carbonyl (C=O) groups is 1. The van der Waals surface area contributed by atoms with Crippen molar-refractivity contribution in [3.63, 3.8) is 0 Å². The molecule has 0 unspecified atom stereocenters. The van der Waals surface area contributed by atoms with Crippen LogP contribution in [0.25, 0.3) is 11.0 Å². The van der Waals surface area contributed by atoms with Crippen molar-refractivity contribution in [2.45, 2.75) is 19.0 Å². The number of amides is 1. The summed E-state index contributed by atoms with van der Waals surface area (Å²) >= 11 is 1.58. The highest BCUT2D eigenvalue weighted by Crippen LogP contribution is 2.38. The molecule has 3 heterocycles. The van der Waals surface area contributed by atoms with Crippen molar-refractivity contribution in [2.24, 2.45) is 5.10 Å². The molecular weight excluding hydrogens is 452 g/mol. The van der Waals surface area contributed by atoms with Gasteiger partial charge in [-0.2, -0.15) is 5.10 Å². The molecule has 0 radical (unpaired) electrons. The highest BCUT2D eigenvalue weighted by atomic mass is 32.1. The Bertz CT molecular complexity index is 1450. The van der Waals surface area contributed by atoms with Gasteiger partial charge in [-0.15, -0.1) is 11.3 Å². The highest BCUT2D eigenvalue weighted by molar-refractivity contribution is 7.12. The lowest BCUT2D eigenvalue weighted by Gasteiger charge is -2.23. The Balaban J connectivity index is 1.53. The first-order chi connectivity index (χ1) is 16.6. The van der Waals surface area contributed by atoms with Crippen LogP contribution in [0.15, 0.2) is 76.1 Å². The number of hydrogen-bond donors (Lipinski definition) is 0. The highest BCUT2D eigenvalue weighted by Gasteiger charge is 2.34. The molecule has 2 aromatic carbocycles. The first-order valence-electron chi connectivity index (χ1n) is 10.7. The van der Waals surface area contributed by atoms with Crippen LogP contribution in [0.1, 0.15) is 22.9 Å². The van der Waals surface area contributed by atoms with E-state index in [0.29, 0.717) is 29.0 Å². The second kappa shape index (κ2) is 9.11. The largest absolute Gasteiger partial charge is 0.493 e. The number of rotatable bonds is 6. The monoisotopic (exact) mass is 474 g/mol. The molecule has 5 rings (SSSR count). The fraction of sp³-hybridized carbons (Fsp3) is 0.200. The summed E-state index contributed by atoms with van der Waals surface area (Å²) in [5, 5.41) is 8.17. The lowest BCUT2D eigenvalue weighted by Crippen LogP contribution is -2.34. The minimum atomic E-state index is -0.340. The SMILES string of the molecule is COc1ccc([C@@H]2CC(c3cccs3)=NN2C(=O)Cn2c(=O)cnc3ccccc32)cc1OC. The zero-order chi connectivity index (χ0) is 23.7. The molecule has 8 nitrogen and oxygen atoms in total. The van der Waals surface area contributed by atoms with Crippen molar-refractivity contribution in [2.75, 3.05) is 14.2 Å². The normalized spacial score (nSPS) is 15.4. The Morgan fingerprint density at radius 2 is 1.91 bits per heavy atom. The Morgan fingerprint density at radius 3 is 2.68 bits per heavy atom. The van der Waals surface area contributed by atoms with Gasteiger partial charge in [0, 0.05) is 6.42 Å². The van der Waals surface area contributed by atoms with Crippen LogP contribution in [0.2, 0.25) is 0 Å². The van der Waals surface area contributed by atoms with Crippen LogP contribution in [0, 0.1) is 0 Å². The average molecular weight is 475 g/mol. The van der Waals surface area contributed by atoms with Crippen molar-refractivity contribution < 1.29 is 14.3 Å². The van der Waals surface area contributed by atoms with Crippen LogP contribution >= 0.6 is 11.3 Å². The van der Waals surface area contributed by atoms with Crippen LogP contribution < -0.4 is 15.0 Å².